The van der Waals surface area contributed by atoms with E-state index in [0.717, 1.165) is 6.42 Å². The molecule has 0 saturated carbocycles. The fourth-order valence-corrected chi connectivity index (χ4v) is 4.67. The van der Waals surface area contributed by atoms with Gasteiger partial charge in [0.15, 0.2) is 0 Å². The molecule has 0 unspecified atom stereocenters. The Kier molecular flexibility index (Phi) is 5.36. The molecule has 0 bridgehead atoms. The van der Waals surface area contributed by atoms with Gasteiger partial charge < -0.3 is 0 Å². The zero-order valence-corrected chi connectivity index (χ0v) is 17.8. The summed E-state index contributed by atoms with van der Waals surface area (Å²) in [5, 5.41) is 0. The lowest BCUT2D eigenvalue weighted by Gasteiger charge is -2.15. The fraction of sp³-hybridized carbons (Fsp3) is 0.172. The van der Waals surface area contributed by atoms with Crippen molar-refractivity contribution in [2.24, 2.45) is 0 Å². The Morgan fingerprint density at radius 2 is 0.759 bits per heavy atom. The molecule has 0 aliphatic heterocycles. The maximum Gasteiger partial charge on any atom is -0.00254 e. The van der Waals surface area contributed by atoms with Crippen LogP contribution in [0.1, 0.15) is 33.4 Å². The Bertz CT molecular complexity index is 996. The molecule has 0 aliphatic rings. The van der Waals surface area contributed by atoms with Gasteiger partial charge in [-0.25, -0.2) is 0 Å². The van der Waals surface area contributed by atoms with Crippen LogP contribution >= 0.6 is 0 Å². The largest absolute Gasteiger partial charge is 0.0622 e. The number of hydrogen-bond acceptors (Lipinski definition) is 0. The lowest BCUT2D eigenvalue weighted by Crippen LogP contribution is -1.97. The molecular formula is C29H28. The predicted molar refractivity (Wildman–Crippen MR) is 126 cm³/mol. The Labute approximate surface area is 174 Å². The van der Waals surface area contributed by atoms with E-state index in [0.29, 0.717) is 0 Å². The van der Waals surface area contributed by atoms with Gasteiger partial charge in [-0.2, -0.15) is 0 Å². The fourth-order valence-electron chi connectivity index (χ4n) is 4.67. The van der Waals surface area contributed by atoms with E-state index in [4.69, 9.17) is 0 Å². The van der Waals surface area contributed by atoms with Crippen LogP contribution in [-0.2, 0) is 6.42 Å². The molecule has 0 N–H and O–H groups in total. The van der Waals surface area contributed by atoms with Crippen LogP contribution in [0.5, 0.6) is 0 Å². The molecule has 0 heterocycles. The van der Waals surface area contributed by atoms with E-state index in [1.54, 1.807) is 0 Å². The SMILES string of the molecule is Cc1cc(Cc2cc(C)c(-c3ccccc3)c(C)c2)cc(C)c1-c1ccccc1. The number of benzene rings is 4. The summed E-state index contributed by atoms with van der Waals surface area (Å²) in [5.74, 6) is 0. The van der Waals surface area contributed by atoms with E-state index in [2.05, 4.69) is 113 Å². The Balaban J connectivity index is 1.67. The van der Waals surface area contributed by atoms with Crippen LogP contribution in [0.2, 0.25) is 0 Å². The number of aryl methyl sites for hydroxylation is 4. The highest BCUT2D eigenvalue weighted by Crippen LogP contribution is 2.31. The van der Waals surface area contributed by atoms with Crippen molar-refractivity contribution < 1.29 is 0 Å². The van der Waals surface area contributed by atoms with Crippen LogP contribution < -0.4 is 0 Å². The van der Waals surface area contributed by atoms with Gasteiger partial charge in [-0.05, 0) is 89.8 Å². The summed E-state index contributed by atoms with van der Waals surface area (Å²) in [6.45, 7) is 8.92. The van der Waals surface area contributed by atoms with Crippen molar-refractivity contribution in [1.29, 1.82) is 0 Å². The van der Waals surface area contributed by atoms with Gasteiger partial charge in [0.05, 0.1) is 0 Å². The maximum atomic E-state index is 2.35. The zero-order valence-electron chi connectivity index (χ0n) is 17.8. The van der Waals surface area contributed by atoms with Gasteiger partial charge >= 0.3 is 0 Å². The highest BCUT2D eigenvalue weighted by Gasteiger charge is 2.11. The first-order chi connectivity index (χ1) is 14.0. The van der Waals surface area contributed by atoms with Gasteiger partial charge in [0.2, 0.25) is 0 Å². The van der Waals surface area contributed by atoms with Crippen molar-refractivity contribution in [3.63, 3.8) is 0 Å². The molecule has 0 radical (unpaired) electrons. The molecule has 4 aromatic rings. The van der Waals surface area contributed by atoms with E-state index in [-0.39, 0.29) is 0 Å². The summed E-state index contributed by atoms with van der Waals surface area (Å²) in [5.41, 5.74) is 13.5. The average Bonchev–Trinajstić information content (AvgIpc) is 2.68. The molecule has 144 valence electrons. The third-order valence-electron chi connectivity index (χ3n) is 5.72. The second-order valence-corrected chi connectivity index (χ2v) is 8.12. The van der Waals surface area contributed by atoms with E-state index < -0.39 is 0 Å². The van der Waals surface area contributed by atoms with Crippen molar-refractivity contribution >= 4 is 0 Å². The highest BCUT2D eigenvalue weighted by molar-refractivity contribution is 5.72. The molecule has 29 heavy (non-hydrogen) atoms. The van der Waals surface area contributed by atoms with Crippen molar-refractivity contribution in [3.05, 3.63) is 118 Å². The van der Waals surface area contributed by atoms with Gasteiger partial charge in [0, 0.05) is 0 Å². The molecule has 0 aliphatic carbocycles. The van der Waals surface area contributed by atoms with E-state index in [1.165, 1.54) is 55.6 Å². The van der Waals surface area contributed by atoms with Crippen molar-refractivity contribution in [2.75, 3.05) is 0 Å². The van der Waals surface area contributed by atoms with Gasteiger partial charge in [-0.3, -0.25) is 0 Å². The Morgan fingerprint density at radius 1 is 0.448 bits per heavy atom. The van der Waals surface area contributed by atoms with Crippen molar-refractivity contribution in [1.82, 2.24) is 0 Å². The molecular weight excluding hydrogens is 348 g/mol. The van der Waals surface area contributed by atoms with Crippen LogP contribution in [0.15, 0.2) is 84.9 Å². The van der Waals surface area contributed by atoms with Gasteiger partial charge in [-0.1, -0.05) is 84.9 Å². The van der Waals surface area contributed by atoms with Crippen LogP contribution in [0.3, 0.4) is 0 Å². The first kappa shape index (κ1) is 19.2. The van der Waals surface area contributed by atoms with E-state index >= 15 is 0 Å². The summed E-state index contributed by atoms with van der Waals surface area (Å²) in [7, 11) is 0. The summed E-state index contributed by atoms with van der Waals surface area (Å²) in [4.78, 5) is 0. The molecule has 4 aromatic carbocycles. The second kappa shape index (κ2) is 8.09. The van der Waals surface area contributed by atoms with Crippen LogP contribution in [-0.4, -0.2) is 0 Å². The normalized spacial score (nSPS) is 10.9. The topological polar surface area (TPSA) is 0 Å². The van der Waals surface area contributed by atoms with E-state index in [1.807, 2.05) is 0 Å². The molecule has 0 spiro atoms. The zero-order chi connectivity index (χ0) is 20.4. The number of rotatable bonds is 4. The molecule has 0 amide bonds. The lowest BCUT2D eigenvalue weighted by molar-refractivity contribution is 1.15. The first-order valence-electron chi connectivity index (χ1n) is 10.3. The summed E-state index contributed by atoms with van der Waals surface area (Å²) < 4.78 is 0. The molecule has 0 nitrogen and oxygen atoms in total. The third kappa shape index (κ3) is 4.03. The third-order valence-corrected chi connectivity index (χ3v) is 5.72. The second-order valence-electron chi connectivity index (χ2n) is 8.12. The van der Waals surface area contributed by atoms with E-state index in [9.17, 15) is 0 Å². The molecule has 0 heteroatoms. The maximum absolute atomic E-state index is 2.35. The quantitative estimate of drug-likeness (QED) is 0.340. The van der Waals surface area contributed by atoms with Gasteiger partial charge in [0.1, 0.15) is 0 Å². The minimum absolute atomic E-state index is 0.966. The van der Waals surface area contributed by atoms with Crippen molar-refractivity contribution in [3.8, 4) is 22.3 Å². The predicted octanol–water partition coefficient (Wildman–Crippen LogP) is 7.85. The van der Waals surface area contributed by atoms with Crippen LogP contribution in [0, 0.1) is 27.7 Å². The highest BCUT2D eigenvalue weighted by atomic mass is 14.2. The standard InChI is InChI=1S/C29H28/c1-20-15-24(16-21(2)28(20)26-11-7-5-8-12-26)19-25-17-22(3)29(23(4)18-25)27-13-9-6-10-14-27/h5-18H,19H2,1-4H3. The summed E-state index contributed by atoms with van der Waals surface area (Å²) in [6, 6.07) is 30.8. The monoisotopic (exact) mass is 376 g/mol. The molecule has 0 saturated heterocycles. The van der Waals surface area contributed by atoms with Gasteiger partial charge in [-0.15, -0.1) is 0 Å². The Hall–Kier alpha value is -3.12. The Morgan fingerprint density at radius 3 is 1.07 bits per heavy atom. The summed E-state index contributed by atoms with van der Waals surface area (Å²) >= 11 is 0. The molecule has 0 fully saturated rings. The average molecular weight is 377 g/mol. The molecule has 0 aromatic heterocycles. The van der Waals surface area contributed by atoms with Crippen LogP contribution in [0.25, 0.3) is 22.3 Å². The minimum atomic E-state index is 0.966. The van der Waals surface area contributed by atoms with Gasteiger partial charge in [0.25, 0.3) is 0 Å². The minimum Gasteiger partial charge on any atom is -0.0622 e. The number of hydrogen-bond donors (Lipinski definition) is 0. The molecule has 4 rings (SSSR count). The molecule has 0 atom stereocenters. The first-order valence-corrected chi connectivity index (χ1v) is 10.3. The smallest absolute Gasteiger partial charge is 0.00254 e. The lowest BCUT2D eigenvalue weighted by atomic mass is 9.89. The van der Waals surface area contributed by atoms with Crippen molar-refractivity contribution in [2.45, 2.75) is 34.1 Å². The summed E-state index contributed by atoms with van der Waals surface area (Å²) in [6.07, 6.45) is 0.966. The van der Waals surface area contributed by atoms with Crippen LogP contribution in [0.4, 0.5) is 0 Å².